The molecule has 3 N–H and O–H groups in total. The molecule has 0 saturated carbocycles. The smallest absolute Gasteiger partial charge is 0.250 e. The number of pyridine rings is 2. The van der Waals surface area contributed by atoms with Crippen molar-refractivity contribution in [3.05, 3.63) is 34.2 Å². The third-order valence-electron chi connectivity index (χ3n) is 1.84. The molecule has 0 aliphatic heterocycles. The van der Waals surface area contributed by atoms with Gasteiger partial charge in [0, 0.05) is 12.3 Å². The van der Waals surface area contributed by atoms with E-state index in [2.05, 4.69) is 9.97 Å². The van der Waals surface area contributed by atoms with Crippen molar-refractivity contribution in [3.8, 4) is 0 Å². The van der Waals surface area contributed by atoms with E-state index in [1.807, 2.05) is 13.0 Å². The summed E-state index contributed by atoms with van der Waals surface area (Å²) in [5, 5.41) is 0. The third-order valence-corrected chi connectivity index (χ3v) is 1.84. The van der Waals surface area contributed by atoms with Crippen LogP contribution in [-0.2, 0) is 0 Å². The highest BCUT2D eigenvalue weighted by Gasteiger charge is 2.00. The van der Waals surface area contributed by atoms with Crippen LogP contribution in [-0.4, -0.2) is 9.97 Å². The van der Waals surface area contributed by atoms with E-state index in [0.29, 0.717) is 16.7 Å². The molecule has 4 heteroatoms. The minimum atomic E-state index is -0.197. The molecule has 0 aliphatic carbocycles. The largest absolute Gasteiger partial charge is 0.397 e. The molecule has 2 aromatic rings. The second-order valence-corrected chi connectivity index (χ2v) is 3.00. The molecule has 13 heavy (non-hydrogen) atoms. The van der Waals surface area contributed by atoms with Crippen LogP contribution in [0.2, 0.25) is 0 Å². The Balaban J connectivity index is 2.94. The molecule has 2 heterocycles. The zero-order valence-corrected chi connectivity index (χ0v) is 7.16. The van der Waals surface area contributed by atoms with Crippen LogP contribution in [0.4, 0.5) is 5.69 Å². The van der Waals surface area contributed by atoms with Gasteiger partial charge >= 0.3 is 0 Å². The molecular formula is C9H9N3O. The van der Waals surface area contributed by atoms with Crippen molar-refractivity contribution in [2.75, 3.05) is 5.73 Å². The summed E-state index contributed by atoms with van der Waals surface area (Å²) >= 11 is 0. The summed E-state index contributed by atoms with van der Waals surface area (Å²) in [5.74, 6) is 0. The number of aryl methyl sites for hydroxylation is 1. The number of aromatic nitrogens is 2. The molecule has 0 fully saturated rings. The van der Waals surface area contributed by atoms with Gasteiger partial charge in [-0.05, 0) is 18.6 Å². The molecule has 0 spiro atoms. The minimum Gasteiger partial charge on any atom is -0.397 e. The molecule has 0 aromatic carbocycles. The maximum Gasteiger partial charge on any atom is 0.250 e. The Morgan fingerprint density at radius 1 is 1.46 bits per heavy atom. The Hall–Kier alpha value is -1.84. The summed E-state index contributed by atoms with van der Waals surface area (Å²) < 4.78 is 0. The molecular weight excluding hydrogens is 166 g/mol. The molecule has 0 bridgehead atoms. The van der Waals surface area contributed by atoms with Crippen LogP contribution >= 0.6 is 0 Å². The van der Waals surface area contributed by atoms with E-state index in [4.69, 9.17) is 5.73 Å². The van der Waals surface area contributed by atoms with Gasteiger partial charge in [-0.25, -0.2) is 0 Å². The summed E-state index contributed by atoms with van der Waals surface area (Å²) in [7, 11) is 0. The predicted molar refractivity (Wildman–Crippen MR) is 51.5 cm³/mol. The van der Waals surface area contributed by atoms with Crippen molar-refractivity contribution in [3.63, 3.8) is 0 Å². The Bertz CT molecular complexity index is 516. The van der Waals surface area contributed by atoms with Crippen LogP contribution in [0.1, 0.15) is 5.56 Å². The second-order valence-electron chi connectivity index (χ2n) is 3.00. The van der Waals surface area contributed by atoms with E-state index in [1.54, 1.807) is 6.20 Å². The summed E-state index contributed by atoms with van der Waals surface area (Å²) in [6, 6.07) is 3.19. The highest BCUT2D eigenvalue weighted by atomic mass is 16.1. The molecule has 0 amide bonds. The highest BCUT2D eigenvalue weighted by molar-refractivity contribution is 5.85. The van der Waals surface area contributed by atoms with Crippen LogP contribution in [0.5, 0.6) is 0 Å². The predicted octanol–water partition coefficient (Wildman–Crippen LogP) is 0.814. The van der Waals surface area contributed by atoms with Gasteiger partial charge in [0.15, 0.2) is 0 Å². The maximum atomic E-state index is 11.1. The molecule has 0 unspecified atom stereocenters. The molecule has 0 atom stereocenters. The van der Waals surface area contributed by atoms with Crippen LogP contribution in [0, 0.1) is 6.92 Å². The summed E-state index contributed by atoms with van der Waals surface area (Å²) in [6.07, 6.45) is 1.72. The van der Waals surface area contributed by atoms with Crippen molar-refractivity contribution >= 4 is 16.7 Å². The van der Waals surface area contributed by atoms with Gasteiger partial charge in [0.05, 0.1) is 11.2 Å². The lowest BCUT2D eigenvalue weighted by Crippen LogP contribution is -2.07. The number of nitrogen functional groups attached to an aromatic ring is 1. The lowest BCUT2D eigenvalue weighted by atomic mass is 10.2. The fourth-order valence-electron chi connectivity index (χ4n) is 1.27. The number of nitrogens with two attached hydrogens (primary N) is 1. The first-order chi connectivity index (χ1) is 6.16. The van der Waals surface area contributed by atoms with E-state index >= 15 is 0 Å². The zero-order chi connectivity index (χ0) is 9.42. The van der Waals surface area contributed by atoms with Gasteiger partial charge in [-0.15, -0.1) is 0 Å². The van der Waals surface area contributed by atoms with Gasteiger partial charge < -0.3 is 10.7 Å². The fraction of sp³-hybridized carbons (Fsp3) is 0.111. The number of anilines is 1. The third kappa shape index (κ3) is 1.26. The average molecular weight is 175 g/mol. The topological polar surface area (TPSA) is 71.8 Å². The van der Waals surface area contributed by atoms with Crippen molar-refractivity contribution in [1.82, 2.24) is 9.97 Å². The van der Waals surface area contributed by atoms with E-state index in [1.165, 1.54) is 6.07 Å². The van der Waals surface area contributed by atoms with Crippen molar-refractivity contribution in [2.24, 2.45) is 0 Å². The van der Waals surface area contributed by atoms with Crippen molar-refractivity contribution in [1.29, 1.82) is 0 Å². The number of hydrogen-bond acceptors (Lipinski definition) is 3. The molecule has 2 rings (SSSR count). The first-order valence-corrected chi connectivity index (χ1v) is 3.92. The standard InChI is InChI=1S/C9H9N3O/c1-5-2-7-9(11-4-5)6(10)3-8(13)12-7/h2-4H,1H3,(H3,10,12,13). The zero-order valence-electron chi connectivity index (χ0n) is 7.16. The van der Waals surface area contributed by atoms with E-state index in [-0.39, 0.29) is 5.56 Å². The quantitative estimate of drug-likeness (QED) is 0.622. The Morgan fingerprint density at radius 3 is 3.00 bits per heavy atom. The van der Waals surface area contributed by atoms with Crippen LogP contribution in [0.3, 0.4) is 0 Å². The second kappa shape index (κ2) is 2.58. The SMILES string of the molecule is Cc1cnc2c(N)cc(=O)[nH]c2c1. The number of H-pyrrole nitrogens is 1. The summed E-state index contributed by atoms with van der Waals surface area (Å²) in [5.41, 5.74) is 8.17. The Morgan fingerprint density at radius 2 is 2.23 bits per heavy atom. The number of rotatable bonds is 0. The first-order valence-electron chi connectivity index (χ1n) is 3.92. The van der Waals surface area contributed by atoms with E-state index < -0.39 is 0 Å². The first kappa shape index (κ1) is 7.79. The number of hydrogen-bond donors (Lipinski definition) is 2. The van der Waals surface area contributed by atoms with Gasteiger partial charge in [0.2, 0.25) is 0 Å². The normalized spacial score (nSPS) is 10.5. The molecule has 0 aliphatic rings. The van der Waals surface area contributed by atoms with Crippen molar-refractivity contribution < 1.29 is 0 Å². The average Bonchev–Trinajstić information content (AvgIpc) is 2.02. The molecule has 2 aromatic heterocycles. The van der Waals surface area contributed by atoms with Crippen LogP contribution in [0.15, 0.2) is 23.1 Å². The number of nitrogens with one attached hydrogen (secondary N) is 1. The van der Waals surface area contributed by atoms with Gasteiger partial charge in [-0.2, -0.15) is 0 Å². The number of fused-ring (bicyclic) bond motifs is 1. The van der Waals surface area contributed by atoms with Gasteiger partial charge in [0.1, 0.15) is 5.52 Å². The monoisotopic (exact) mass is 175 g/mol. The number of nitrogens with zero attached hydrogens (tertiary/aromatic N) is 1. The Labute approximate surface area is 74.4 Å². The van der Waals surface area contributed by atoms with E-state index in [9.17, 15) is 4.79 Å². The van der Waals surface area contributed by atoms with Crippen molar-refractivity contribution in [2.45, 2.75) is 6.92 Å². The maximum absolute atomic E-state index is 11.1. The minimum absolute atomic E-state index is 0.197. The molecule has 66 valence electrons. The molecule has 0 radical (unpaired) electrons. The highest BCUT2D eigenvalue weighted by Crippen LogP contribution is 2.14. The lowest BCUT2D eigenvalue weighted by Gasteiger charge is -2.00. The summed E-state index contributed by atoms with van der Waals surface area (Å²) in [4.78, 5) is 17.9. The van der Waals surface area contributed by atoms with Gasteiger partial charge in [0.25, 0.3) is 5.56 Å². The van der Waals surface area contributed by atoms with E-state index in [0.717, 1.165) is 5.56 Å². The molecule has 4 nitrogen and oxygen atoms in total. The van der Waals surface area contributed by atoms with Crippen LogP contribution < -0.4 is 11.3 Å². The van der Waals surface area contributed by atoms with Gasteiger partial charge in [-0.3, -0.25) is 9.78 Å². The lowest BCUT2D eigenvalue weighted by molar-refractivity contribution is 1.25. The van der Waals surface area contributed by atoms with Crippen LogP contribution in [0.25, 0.3) is 11.0 Å². The van der Waals surface area contributed by atoms with Gasteiger partial charge in [-0.1, -0.05) is 0 Å². The Kier molecular flexibility index (Phi) is 1.55. The summed E-state index contributed by atoms with van der Waals surface area (Å²) in [6.45, 7) is 1.91. The molecule has 0 saturated heterocycles. The number of aromatic amines is 1. The fourth-order valence-corrected chi connectivity index (χ4v) is 1.27.